The fourth-order valence-electron chi connectivity index (χ4n) is 2.73. The van der Waals surface area contributed by atoms with E-state index < -0.39 is 0 Å². The number of hydrogen-bond acceptors (Lipinski definition) is 2. The van der Waals surface area contributed by atoms with Gasteiger partial charge in [0.05, 0.1) is 0 Å². The maximum atomic E-state index is 5.73. The Morgan fingerprint density at radius 3 is 2.85 bits per heavy atom. The second-order valence-electron chi connectivity index (χ2n) is 5.13. The summed E-state index contributed by atoms with van der Waals surface area (Å²) in [6, 6.07) is 15.1. The van der Waals surface area contributed by atoms with Crippen LogP contribution in [-0.2, 0) is 6.54 Å². The molecule has 2 heterocycles. The maximum Gasteiger partial charge on any atom is 0.123 e. The van der Waals surface area contributed by atoms with Crippen LogP contribution in [0.4, 0.5) is 0 Å². The fourth-order valence-corrected chi connectivity index (χ4v) is 2.73. The highest BCUT2D eigenvalue weighted by Crippen LogP contribution is 2.29. The molecule has 3 aromatic rings. The Kier molecular flexibility index (Phi) is 2.71. The Labute approximate surface area is 117 Å². The Balaban J connectivity index is 1.79. The molecule has 0 saturated heterocycles. The molecule has 20 heavy (non-hydrogen) atoms. The average molecular weight is 264 g/mol. The first-order valence-electron chi connectivity index (χ1n) is 6.94. The molecule has 1 aromatic heterocycles. The van der Waals surface area contributed by atoms with Crippen LogP contribution in [0.1, 0.15) is 5.56 Å². The molecule has 3 heteroatoms. The van der Waals surface area contributed by atoms with Gasteiger partial charge in [0.25, 0.3) is 0 Å². The summed E-state index contributed by atoms with van der Waals surface area (Å²) in [7, 11) is 0. The second kappa shape index (κ2) is 4.69. The van der Waals surface area contributed by atoms with Gasteiger partial charge in [-0.15, -0.1) is 0 Å². The summed E-state index contributed by atoms with van der Waals surface area (Å²) < 4.78 is 5.73. The zero-order valence-corrected chi connectivity index (χ0v) is 11.1. The molecule has 2 N–H and O–H groups in total. The first-order valence-corrected chi connectivity index (χ1v) is 6.94. The van der Waals surface area contributed by atoms with Gasteiger partial charge in [-0.3, -0.25) is 0 Å². The molecule has 0 spiro atoms. The zero-order chi connectivity index (χ0) is 13.4. The summed E-state index contributed by atoms with van der Waals surface area (Å²) in [5.41, 5.74) is 4.88. The van der Waals surface area contributed by atoms with E-state index in [1.807, 2.05) is 6.20 Å². The molecule has 0 aliphatic carbocycles. The lowest BCUT2D eigenvalue weighted by Crippen LogP contribution is -2.16. The molecule has 0 unspecified atom stereocenters. The molecule has 4 rings (SSSR count). The summed E-state index contributed by atoms with van der Waals surface area (Å²) in [6.45, 7) is 2.51. The van der Waals surface area contributed by atoms with Crippen molar-refractivity contribution in [3.05, 3.63) is 54.2 Å². The van der Waals surface area contributed by atoms with Gasteiger partial charge < -0.3 is 15.0 Å². The minimum absolute atomic E-state index is 0.738. The van der Waals surface area contributed by atoms with Gasteiger partial charge >= 0.3 is 0 Å². The molecule has 0 bridgehead atoms. The third-order valence-electron chi connectivity index (χ3n) is 3.80. The van der Waals surface area contributed by atoms with Gasteiger partial charge in [-0.2, -0.15) is 0 Å². The summed E-state index contributed by atoms with van der Waals surface area (Å²) in [5.74, 6) is 1.00. The quantitative estimate of drug-likeness (QED) is 0.707. The van der Waals surface area contributed by atoms with Crippen molar-refractivity contribution < 1.29 is 4.74 Å². The largest absolute Gasteiger partial charge is 0.492 e. The van der Waals surface area contributed by atoms with Crippen LogP contribution in [0.5, 0.6) is 5.75 Å². The van der Waals surface area contributed by atoms with Crippen molar-refractivity contribution in [3.8, 4) is 16.9 Å². The van der Waals surface area contributed by atoms with E-state index in [2.05, 4.69) is 52.8 Å². The lowest BCUT2D eigenvalue weighted by molar-refractivity contribution is 0.326. The normalized spacial score (nSPS) is 14.6. The van der Waals surface area contributed by atoms with Crippen LogP contribution in [0, 0.1) is 0 Å². The van der Waals surface area contributed by atoms with Crippen molar-refractivity contribution in [1.29, 1.82) is 0 Å². The molecule has 0 saturated carbocycles. The van der Waals surface area contributed by atoms with Gasteiger partial charge in [-0.05, 0) is 46.8 Å². The molecule has 0 amide bonds. The Morgan fingerprint density at radius 1 is 0.950 bits per heavy atom. The number of aromatic amines is 1. The van der Waals surface area contributed by atoms with Crippen molar-refractivity contribution in [2.24, 2.45) is 0 Å². The number of nitrogens with one attached hydrogen (secondary N) is 2. The fraction of sp³-hybridized carbons (Fsp3) is 0.176. The smallest absolute Gasteiger partial charge is 0.123 e. The number of benzene rings is 2. The van der Waals surface area contributed by atoms with E-state index in [1.54, 1.807) is 0 Å². The van der Waals surface area contributed by atoms with E-state index in [0.717, 1.165) is 25.4 Å². The molecular weight excluding hydrogens is 248 g/mol. The number of rotatable bonds is 1. The summed E-state index contributed by atoms with van der Waals surface area (Å²) in [6.07, 6.45) is 1.98. The van der Waals surface area contributed by atoms with Gasteiger partial charge in [0.1, 0.15) is 12.4 Å². The monoisotopic (exact) mass is 264 g/mol. The SMILES string of the molecule is c1cc2cc(-c3ccc4c(c3)CNCCO4)ccc2[nH]1. The predicted octanol–water partition coefficient (Wildman–Crippen LogP) is 3.32. The van der Waals surface area contributed by atoms with Gasteiger partial charge in [-0.25, -0.2) is 0 Å². The number of hydrogen-bond donors (Lipinski definition) is 2. The maximum absolute atomic E-state index is 5.73. The van der Waals surface area contributed by atoms with Gasteiger partial charge in [0, 0.05) is 30.4 Å². The van der Waals surface area contributed by atoms with E-state index in [4.69, 9.17) is 4.74 Å². The van der Waals surface area contributed by atoms with Crippen LogP contribution >= 0.6 is 0 Å². The number of ether oxygens (including phenoxy) is 1. The highest BCUT2D eigenvalue weighted by molar-refractivity contribution is 5.85. The minimum Gasteiger partial charge on any atom is -0.492 e. The van der Waals surface area contributed by atoms with Crippen molar-refractivity contribution in [2.45, 2.75) is 6.54 Å². The highest BCUT2D eigenvalue weighted by Gasteiger charge is 2.10. The molecule has 2 aromatic carbocycles. The van der Waals surface area contributed by atoms with Gasteiger partial charge in [-0.1, -0.05) is 12.1 Å². The van der Waals surface area contributed by atoms with Crippen molar-refractivity contribution in [1.82, 2.24) is 10.3 Å². The minimum atomic E-state index is 0.738. The topological polar surface area (TPSA) is 37.0 Å². The molecule has 100 valence electrons. The van der Waals surface area contributed by atoms with Gasteiger partial charge in [0.15, 0.2) is 0 Å². The highest BCUT2D eigenvalue weighted by atomic mass is 16.5. The van der Waals surface area contributed by atoms with Crippen molar-refractivity contribution >= 4 is 10.9 Å². The molecular formula is C17H16N2O. The molecule has 1 aliphatic heterocycles. The standard InChI is InChI=1S/C17H16N2O/c1-3-16-14(5-6-19-16)9-12(1)13-2-4-17-15(10-13)11-18-7-8-20-17/h1-6,9-10,18-19H,7-8,11H2. The number of fused-ring (bicyclic) bond motifs is 2. The van der Waals surface area contributed by atoms with E-state index in [1.165, 1.54) is 27.6 Å². The summed E-state index contributed by atoms with van der Waals surface area (Å²) in [4.78, 5) is 3.23. The van der Waals surface area contributed by atoms with Crippen LogP contribution in [0.2, 0.25) is 0 Å². The van der Waals surface area contributed by atoms with Crippen LogP contribution in [-0.4, -0.2) is 18.1 Å². The summed E-state index contributed by atoms with van der Waals surface area (Å²) >= 11 is 0. The first-order chi connectivity index (χ1) is 9.90. The first kappa shape index (κ1) is 11.6. The van der Waals surface area contributed by atoms with E-state index in [-0.39, 0.29) is 0 Å². The summed E-state index contributed by atoms with van der Waals surface area (Å²) in [5, 5.41) is 4.62. The van der Waals surface area contributed by atoms with Crippen LogP contribution in [0.3, 0.4) is 0 Å². The molecule has 0 fully saturated rings. The van der Waals surface area contributed by atoms with Crippen LogP contribution in [0.15, 0.2) is 48.7 Å². The molecule has 0 atom stereocenters. The third-order valence-corrected chi connectivity index (χ3v) is 3.80. The van der Waals surface area contributed by atoms with E-state index in [0.29, 0.717) is 0 Å². The Morgan fingerprint density at radius 2 is 1.85 bits per heavy atom. The van der Waals surface area contributed by atoms with Crippen LogP contribution in [0.25, 0.3) is 22.0 Å². The average Bonchev–Trinajstić information content (AvgIpc) is 2.83. The van der Waals surface area contributed by atoms with E-state index in [9.17, 15) is 0 Å². The van der Waals surface area contributed by atoms with Gasteiger partial charge in [0.2, 0.25) is 0 Å². The lowest BCUT2D eigenvalue weighted by atomic mass is 10.0. The Bertz CT molecular complexity index is 761. The zero-order valence-electron chi connectivity index (χ0n) is 11.1. The molecule has 0 radical (unpaired) electrons. The number of aromatic nitrogens is 1. The Hall–Kier alpha value is -2.26. The van der Waals surface area contributed by atoms with E-state index >= 15 is 0 Å². The number of H-pyrrole nitrogens is 1. The van der Waals surface area contributed by atoms with Crippen molar-refractivity contribution in [3.63, 3.8) is 0 Å². The molecule has 3 nitrogen and oxygen atoms in total. The third kappa shape index (κ3) is 1.96. The van der Waals surface area contributed by atoms with Crippen molar-refractivity contribution in [2.75, 3.05) is 13.2 Å². The van der Waals surface area contributed by atoms with Crippen LogP contribution < -0.4 is 10.1 Å². The molecule has 1 aliphatic rings. The second-order valence-corrected chi connectivity index (χ2v) is 5.13. The lowest BCUT2D eigenvalue weighted by Gasteiger charge is -2.09. The predicted molar refractivity (Wildman–Crippen MR) is 80.9 cm³/mol.